The molecule has 0 saturated carbocycles. The number of carbonyl (C=O) groups excluding carboxylic acids is 1. The van der Waals surface area contributed by atoms with Crippen LogP contribution in [0.2, 0.25) is 0 Å². The van der Waals surface area contributed by atoms with E-state index in [1.54, 1.807) is 6.07 Å². The molecule has 1 rings (SSSR count). The second-order valence-corrected chi connectivity index (χ2v) is 5.81. The van der Waals surface area contributed by atoms with Crippen LogP contribution in [0.15, 0.2) is 22.0 Å². The third-order valence-corrected chi connectivity index (χ3v) is 3.57. The summed E-state index contributed by atoms with van der Waals surface area (Å²) >= 11 is 0. The minimum absolute atomic E-state index is 0.151. The first-order valence-electron chi connectivity index (χ1n) is 5.06. The first-order chi connectivity index (χ1) is 8.68. The smallest absolute Gasteiger partial charge is 0.281 e. The number of nitrogens with zero attached hydrogens (tertiary/aromatic N) is 2. The summed E-state index contributed by atoms with van der Waals surface area (Å²) in [6.07, 6.45) is 0.963. The first-order valence-corrected chi connectivity index (χ1v) is 6.95. The van der Waals surface area contributed by atoms with Crippen LogP contribution in [0.1, 0.15) is 21.5 Å². The number of amides is 1. The fourth-order valence-electron chi connectivity index (χ4n) is 1.63. The Hall–Kier alpha value is -2.40. The van der Waals surface area contributed by atoms with Crippen LogP contribution in [0, 0.1) is 18.3 Å². The standard InChI is InChI=1S/C11H12N4O3S/c1-6-3-4-7(10(16)15-11(13)14)8(5-12)9(6)19(2,17)18/h3-4H,1-2H3,(H4,13,14,15,16). The summed E-state index contributed by atoms with van der Waals surface area (Å²) in [6, 6.07) is 4.45. The molecule has 0 aliphatic carbocycles. The lowest BCUT2D eigenvalue weighted by atomic mass is 10.0. The minimum atomic E-state index is -3.65. The SMILES string of the molecule is Cc1ccc(C(=O)N=C(N)N)c(C#N)c1S(C)(=O)=O. The highest BCUT2D eigenvalue weighted by molar-refractivity contribution is 7.90. The van der Waals surface area contributed by atoms with Crippen molar-refractivity contribution in [2.75, 3.05) is 6.26 Å². The maximum atomic E-state index is 11.7. The van der Waals surface area contributed by atoms with Crippen LogP contribution in [-0.4, -0.2) is 26.5 Å². The highest BCUT2D eigenvalue weighted by Crippen LogP contribution is 2.24. The van der Waals surface area contributed by atoms with Gasteiger partial charge < -0.3 is 11.5 Å². The number of hydrogen-bond acceptors (Lipinski definition) is 4. The third-order valence-electron chi connectivity index (χ3n) is 2.30. The highest BCUT2D eigenvalue weighted by Gasteiger charge is 2.22. The van der Waals surface area contributed by atoms with Crippen LogP contribution < -0.4 is 11.5 Å². The average molecular weight is 280 g/mol. The van der Waals surface area contributed by atoms with Gasteiger partial charge in [-0.25, -0.2) is 8.42 Å². The van der Waals surface area contributed by atoms with Gasteiger partial charge in [-0.3, -0.25) is 4.79 Å². The van der Waals surface area contributed by atoms with E-state index in [1.165, 1.54) is 19.1 Å². The second-order valence-electron chi connectivity index (χ2n) is 3.86. The molecule has 0 fully saturated rings. The molecular weight excluding hydrogens is 268 g/mol. The van der Waals surface area contributed by atoms with Gasteiger partial charge in [0.2, 0.25) is 0 Å². The zero-order chi connectivity index (χ0) is 14.8. The number of nitriles is 1. The third kappa shape index (κ3) is 3.08. The number of hydrogen-bond donors (Lipinski definition) is 2. The molecule has 1 aromatic rings. The molecule has 8 heteroatoms. The van der Waals surface area contributed by atoms with Crippen LogP contribution in [-0.2, 0) is 9.84 Å². The lowest BCUT2D eigenvalue weighted by molar-refractivity contribution is 0.100. The van der Waals surface area contributed by atoms with Crippen molar-refractivity contribution in [3.8, 4) is 6.07 Å². The Kier molecular flexibility index (Phi) is 3.92. The van der Waals surface area contributed by atoms with E-state index in [0.29, 0.717) is 5.56 Å². The van der Waals surface area contributed by atoms with Gasteiger partial charge in [-0.1, -0.05) is 6.07 Å². The predicted octanol–water partition coefficient (Wildman–Crippen LogP) is -0.316. The zero-order valence-electron chi connectivity index (χ0n) is 10.3. The fourth-order valence-corrected chi connectivity index (χ4v) is 2.81. The molecule has 0 saturated heterocycles. The Labute approximate surface area is 110 Å². The number of guanidine groups is 1. The molecule has 1 amide bonds. The topological polar surface area (TPSA) is 139 Å². The van der Waals surface area contributed by atoms with Crippen molar-refractivity contribution in [3.05, 3.63) is 28.8 Å². The Morgan fingerprint density at radius 2 is 1.95 bits per heavy atom. The first kappa shape index (κ1) is 14.7. The van der Waals surface area contributed by atoms with Gasteiger partial charge in [0.1, 0.15) is 6.07 Å². The monoisotopic (exact) mass is 280 g/mol. The summed E-state index contributed by atoms with van der Waals surface area (Å²) in [5.41, 5.74) is 10.1. The Morgan fingerprint density at radius 3 is 2.37 bits per heavy atom. The Balaban J connectivity index is 3.69. The molecule has 1 aromatic carbocycles. The summed E-state index contributed by atoms with van der Waals surface area (Å²) in [5.74, 6) is -1.32. The van der Waals surface area contributed by atoms with Gasteiger partial charge >= 0.3 is 0 Å². The zero-order valence-corrected chi connectivity index (χ0v) is 11.2. The van der Waals surface area contributed by atoms with E-state index in [2.05, 4.69) is 4.99 Å². The molecule has 7 nitrogen and oxygen atoms in total. The fraction of sp³-hybridized carbons (Fsp3) is 0.182. The number of aliphatic imine (C=N–C) groups is 1. The summed E-state index contributed by atoms with van der Waals surface area (Å²) in [4.78, 5) is 14.8. The molecule has 0 spiro atoms. The van der Waals surface area contributed by atoms with Gasteiger partial charge in [0.25, 0.3) is 5.91 Å². The minimum Gasteiger partial charge on any atom is -0.370 e. The Morgan fingerprint density at radius 1 is 1.37 bits per heavy atom. The van der Waals surface area contributed by atoms with Crippen LogP contribution in [0.4, 0.5) is 0 Å². The number of benzene rings is 1. The number of nitrogens with two attached hydrogens (primary N) is 2. The molecule has 0 aromatic heterocycles. The van der Waals surface area contributed by atoms with Gasteiger partial charge in [0.05, 0.1) is 16.0 Å². The summed E-state index contributed by atoms with van der Waals surface area (Å²) in [7, 11) is -3.65. The number of rotatable bonds is 2. The Bertz CT molecular complexity index is 710. The van der Waals surface area contributed by atoms with E-state index in [0.717, 1.165) is 6.26 Å². The molecule has 0 bridgehead atoms. The van der Waals surface area contributed by atoms with Crippen molar-refractivity contribution in [2.45, 2.75) is 11.8 Å². The molecule has 0 unspecified atom stereocenters. The average Bonchev–Trinajstić information content (AvgIpc) is 2.25. The van der Waals surface area contributed by atoms with Gasteiger partial charge in [0, 0.05) is 6.26 Å². The van der Waals surface area contributed by atoms with E-state index >= 15 is 0 Å². The molecule has 0 aliphatic rings. The largest absolute Gasteiger partial charge is 0.370 e. The molecule has 0 aliphatic heterocycles. The van der Waals surface area contributed by atoms with Crippen LogP contribution in [0.3, 0.4) is 0 Å². The van der Waals surface area contributed by atoms with E-state index < -0.39 is 21.7 Å². The van der Waals surface area contributed by atoms with Crippen LogP contribution >= 0.6 is 0 Å². The summed E-state index contributed by atoms with van der Waals surface area (Å²) < 4.78 is 23.4. The molecule has 0 radical (unpaired) electrons. The van der Waals surface area contributed by atoms with Crippen molar-refractivity contribution in [3.63, 3.8) is 0 Å². The number of sulfone groups is 1. The lowest BCUT2D eigenvalue weighted by Crippen LogP contribution is -2.24. The van der Waals surface area contributed by atoms with E-state index in [-0.39, 0.29) is 16.0 Å². The van der Waals surface area contributed by atoms with E-state index in [1.807, 2.05) is 0 Å². The quantitative estimate of drug-likeness (QED) is 0.562. The van der Waals surface area contributed by atoms with Crippen molar-refractivity contribution < 1.29 is 13.2 Å². The van der Waals surface area contributed by atoms with Crippen molar-refractivity contribution in [1.29, 1.82) is 5.26 Å². The predicted molar refractivity (Wildman–Crippen MR) is 69.1 cm³/mol. The van der Waals surface area contributed by atoms with Gasteiger partial charge in [-0.15, -0.1) is 0 Å². The number of carbonyl (C=O) groups is 1. The maximum absolute atomic E-state index is 11.7. The number of aryl methyl sites for hydroxylation is 1. The molecule has 19 heavy (non-hydrogen) atoms. The van der Waals surface area contributed by atoms with E-state index in [4.69, 9.17) is 16.7 Å². The van der Waals surface area contributed by atoms with E-state index in [9.17, 15) is 13.2 Å². The van der Waals surface area contributed by atoms with Crippen LogP contribution in [0.5, 0.6) is 0 Å². The van der Waals surface area contributed by atoms with Crippen molar-refractivity contribution in [2.24, 2.45) is 16.5 Å². The molecule has 100 valence electrons. The second kappa shape index (κ2) is 5.07. The van der Waals surface area contributed by atoms with Gasteiger partial charge in [0.15, 0.2) is 15.8 Å². The maximum Gasteiger partial charge on any atom is 0.281 e. The molecule has 4 N–H and O–H groups in total. The highest BCUT2D eigenvalue weighted by atomic mass is 32.2. The van der Waals surface area contributed by atoms with Crippen molar-refractivity contribution in [1.82, 2.24) is 0 Å². The summed E-state index contributed by atoms with van der Waals surface area (Å²) in [5, 5.41) is 9.09. The lowest BCUT2D eigenvalue weighted by Gasteiger charge is -2.08. The van der Waals surface area contributed by atoms with Gasteiger partial charge in [-0.2, -0.15) is 10.3 Å². The van der Waals surface area contributed by atoms with Crippen molar-refractivity contribution >= 4 is 21.7 Å². The normalized spacial score (nSPS) is 10.6. The summed E-state index contributed by atoms with van der Waals surface area (Å²) in [6.45, 7) is 1.53. The molecule has 0 atom stereocenters. The molecule has 0 heterocycles. The molecular formula is C11H12N4O3S. The van der Waals surface area contributed by atoms with Gasteiger partial charge in [-0.05, 0) is 18.6 Å². The van der Waals surface area contributed by atoms with Crippen LogP contribution in [0.25, 0.3) is 0 Å².